The molecule has 0 radical (unpaired) electrons. The summed E-state index contributed by atoms with van der Waals surface area (Å²) in [6.45, 7) is 9.88. The molecule has 0 saturated heterocycles. The Morgan fingerprint density at radius 2 is 2.13 bits per heavy atom. The van der Waals surface area contributed by atoms with Crippen LogP contribution in [-0.2, 0) is 9.53 Å². The molecule has 86 valence electrons. The fourth-order valence-corrected chi connectivity index (χ4v) is 1.32. The summed E-state index contributed by atoms with van der Waals surface area (Å²) >= 11 is 0. The number of carbonyl (C=O) groups is 1. The minimum absolute atomic E-state index is 0.182. The summed E-state index contributed by atoms with van der Waals surface area (Å²) in [6, 6.07) is 0. The van der Waals surface area contributed by atoms with Gasteiger partial charge in [0, 0.05) is 6.42 Å². The van der Waals surface area contributed by atoms with E-state index in [1.807, 2.05) is 12.2 Å². The van der Waals surface area contributed by atoms with Crippen LogP contribution in [0.1, 0.15) is 40.0 Å². The van der Waals surface area contributed by atoms with Crippen LogP contribution >= 0.6 is 0 Å². The SMILES string of the molecule is C=CC(C)CC(C)C/C=C/OC(=O)CC. The van der Waals surface area contributed by atoms with Gasteiger partial charge in [0.15, 0.2) is 0 Å². The second-order valence-corrected chi connectivity index (χ2v) is 4.00. The molecule has 0 aromatic heterocycles. The second-order valence-electron chi connectivity index (χ2n) is 4.00. The van der Waals surface area contributed by atoms with E-state index in [0.29, 0.717) is 18.3 Å². The highest BCUT2D eigenvalue weighted by Gasteiger charge is 2.03. The van der Waals surface area contributed by atoms with Gasteiger partial charge >= 0.3 is 5.97 Å². The van der Waals surface area contributed by atoms with Crippen LogP contribution in [-0.4, -0.2) is 5.97 Å². The predicted molar refractivity (Wildman–Crippen MR) is 63.3 cm³/mol. The molecule has 0 N–H and O–H groups in total. The second kappa shape index (κ2) is 8.27. The molecule has 0 spiro atoms. The molecular formula is C13H22O2. The minimum Gasteiger partial charge on any atom is -0.435 e. The number of hydrogen-bond donors (Lipinski definition) is 0. The lowest BCUT2D eigenvalue weighted by atomic mass is 9.95. The van der Waals surface area contributed by atoms with E-state index in [0.717, 1.165) is 12.8 Å². The number of allylic oxidation sites excluding steroid dienone is 2. The van der Waals surface area contributed by atoms with Crippen LogP contribution in [0.5, 0.6) is 0 Å². The van der Waals surface area contributed by atoms with Gasteiger partial charge in [-0.1, -0.05) is 26.8 Å². The summed E-state index contributed by atoms with van der Waals surface area (Å²) in [5.74, 6) is 0.958. The van der Waals surface area contributed by atoms with Crippen LogP contribution in [0.25, 0.3) is 0 Å². The molecule has 2 nitrogen and oxygen atoms in total. The van der Waals surface area contributed by atoms with Crippen molar-refractivity contribution in [3.63, 3.8) is 0 Å². The molecule has 0 fully saturated rings. The first-order valence-electron chi connectivity index (χ1n) is 5.57. The van der Waals surface area contributed by atoms with Gasteiger partial charge in [-0.2, -0.15) is 0 Å². The van der Waals surface area contributed by atoms with Crippen LogP contribution in [0.4, 0.5) is 0 Å². The van der Waals surface area contributed by atoms with Crippen LogP contribution in [0.3, 0.4) is 0 Å². The fourth-order valence-electron chi connectivity index (χ4n) is 1.32. The normalized spacial score (nSPS) is 14.9. The Morgan fingerprint density at radius 3 is 2.67 bits per heavy atom. The lowest BCUT2D eigenvalue weighted by molar-refractivity contribution is -0.137. The first kappa shape index (κ1) is 13.9. The van der Waals surface area contributed by atoms with Gasteiger partial charge in [-0.05, 0) is 30.8 Å². The van der Waals surface area contributed by atoms with Gasteiger partial charge in [-0.25, -0.2) is 0 Å². The van der Waals surface area contributed by atoms with E-state index in [2.05, 4.69) is 20.4 Å². The highest BCUT2D eigenvalue weighted by molar-refractivity contribution is 5.69. The standard InChI is InChI=1S/C13H22O2/c1-5-11(3)10-12(4)8-7-9-15-13(14)6-2/h5,7,9,11-12H,1,6,8,10H2,2-4H3/b9-7+. The Balaban J connectivity index is 3.65. The molecule has 2 heteroatoms. The molecule has 0 heterocycles. The molecule has 0 rings (SSSR count). The van der Waals surface area contributed by atoms with Gasteiger partial charge in [0.25, 0.3) is 0 Å². The zero-order valence-electron chi connectivity index (χ0n) is 10.0. The van der Waals surface area contributed by atoms with Gasteiger partial charge in [0.2, 0.25) is 0 Å². The lowest BCUT2D eigenvalue weighted by Crippen LogP contribution is -2.00. The number of ether oxygens (including phenoxy) is 1. The van der Waals surface area contributed by atoms with Crippen molar-refractivity contribution in [2.75, 3.05) is 0 Å². The number of rotatable bonds is 7. The molecule has 0 aromatic carbocycles. The first-order chi connectivity index (χ1) is 7.10. The first-order valence-corrected chi connectivity index (χ1v) is 5.57. The highest BCUT2D eigenvalue weighted by Crippen LogP contribution is 2.15. The molecule has 0 aliphatic carbocycles. The zero-order valence-corrected chi connectivity index (χ0v) is 10.0. The number of carbonyl (C=O) groups excluding carboxylic acids is 1. The third-order valence-corrected chi connectivity index (χ3v) is 2.30. The summed E-state index contributed by atoms with van der Waals surface area (Å²) in [5.41, 5.74) is 0. The van der Waals surface area contributed by atoms with Crippen molar-refractivity contribution in [1.29, 1.82) is 0 Å². The van der Waals surface area contributed by atoms with E-state index in [4.69, 9.17) is 4.74 Å². The lowest BCUT2D eigenvalue weighted by Gasteiger charge is -2.11. The van der Waals surface area contributed by atoms with E-state index >= 15 is 0 Å². The summed E-state index contributed by atoms with van der Waals surface area (Å²) in [4.78, 5) is 10.8. The quantitative estimate of drug-likeness (QED) is 0.364. The van der Waals surface area contributed by atoms with Gasteiger partial charge in [0.1, 0.15) is 0 Å². The van der Waals surface area contributed by atoms with E-state index in [1.54, 1.807) is 6.92 Å². The Labute approximate surface area is 93.0 Å². The molecule has 0 amide bonds. The Bertz CT molecular complexity index is 219. The average Bonchev–Trinajstić information content (AvgIpc) is 2.23. The van der Waals surface area contributed by atoms with Crippen molar-refractivity contribution in [2.45, 2.75) is 40.0 Å². The third kappa shape index (κ3) is 7.98. The summed E-state index contributed by atoms with van der Waals surface area (Å²) in [7, 11) is 0. The van der Waals surface area contributed by atoms with Gasteiger partial charge in [-0.3, -0.25) is 4.79 Å². The molecule has 2 atom stereocenters. The van der Waals surface area contributed by atoms with Crippen molar-refractivity contribution in [1.82, 2.24) is 0 Å². The molecule has 0 aliphatic heterocycles. The molecule has 0 saturated carbocycles. The van der Waals surface area contributed by atoms with E-state index in [-0.39, 0.29) is 5.97 Å². The van der Waals surface area contributed by atoms with Crippen molar-refractivity contribution in [3.05, 3.63) is 25.0 Å². The van der Waals surface area contributed by atoms with Crippen LogP contribution < -0.4 is 0 Å². The van der Waals surface area contributed by atoms with Crippen molar-refractivity contribution in [3.8, 4) is 0 Å². The zero-order chi connectivity index (χ0) is 11.7. The molecule has 0 bridgehead atoms. The van der Waals surface area contributed by atoms with Gasteiger partial charge in [0.05, 0.1) is 6.26 Å². The largest absolute Gasteiger partial charge is 0.435 e. The Morgan fingerprint density at radius 1 is 1.47 bits per heavy atom. The van der Waals surface area contributed by atoms with Crippen molar-refractivity contribution in [2.24, 2.45) is 11.8 Å². The topological polar surface area (TPSA) is 26.3 Å². The monoisotopic (exact) mass is 210 g/mol. The summed E-state index contributed by atoms with van der Waals surface area (Å²) in [5, 5.41) is 0. The predicted octanol–water partition coefficient (Wildman–Crippen LogP) is 3.69. The maximum Gasteiger partial charge on any atom is 0.310 e. The maximum absolute atomic E-state index is 10.8. The molecular weight excluding hydrogens is 188 g/mol. The van der Waals surface area contributed by atoms with E-state index in [1.165, 1.54) is 6.26 Å². The number of hydrogen-bond acceptors (Lipinski definition) is 2. The smallest absolute Gasteiger partial charge is 0.310 e. The third-order valence-electron chi connectivity index (χ3n) is 2.30. The summed E-state index contributed by atoms with van der Waals surface area (Å²) < 4.78 is 4.83. The molecule has 15 heavy (non-hydrogen) atoms. The minimum atomic E-state index is -0.182. The number of esters is 1. The average molecular weight is 210 g/mol. The maximum atomic E-state index is 10.8. The van der Waals surface area contributed by atoms with Crippen molar-refractivity contribution < 1.29 is 9.53 Å². The van der Waals surface area contributed by atoms with Crippen LogP contribution in [0.2, 0.25) is 0 Å². The van der Waals surface area contributed by atoms with Gasteiger partial charge < -0.3 is 4.74 Å². The van der Waals surface area contributed by atoms with E-state index < -0.39 is 0 Å². The Hall–Kier alpha value is -1.05. The summed E-state index contributed by atoms with van der Waals surface area (Å²) in [6.07, 6.45) is 7.87. The van der Waals surface area contributed by atoms with Crippen LogP contribution in [0.15, 0.2) is 25.0 Å². The van der Waals surface area contributed by atoms with Gasteiger partial charge in [-0.15, -0.1) is 6.58 Å². The fraction of sp³-hybridized carbons (Fsp3) is 0.615. The van der Waals surface area contributed by atoms with E-state index in [9.17, 15) is 4.79 Å². The molecule has 2 unspecified atom stereocenters. The molecule has 0 aromatic rings. The molecule has 0 aliphatic rings. The highest BCUT2D eigenvalue weighted by atomic mass is 16.5. The Kier molecular flexibility index (Phi) is 7.69. The van der Waals surface area contributed by atoms with Crippen LogP contribution in [0, 0.1) is 11.8 Å². The van der Waals surface area contributed by atoms with Crippen molar-refractivity contribution >= 4 is 5.97 Å².